The number of ether oxygens (including phenoxy) is 2. The number of alkyl halides is 1. The van der Waals surface area contributed by atoms with Gasteiger partial charge < -0.3 is 9.47 Å². The van der Waals surface area contributed by atoms with Gasteiger partial charge in [0.05, 0.1) is 14.2 Å². The van der Waals surface area contributed by atoms with Gasteiger partial charge in [-0.25, -0.2) is 0 Å². The van der Waals surface area contributed by atoms with E-state index in [1.807, 2.05) is 12.1 Å². The minimum atomic E-state index is 0.730. The monoisotopic (exact) mass is 362 g/mol. The van der Waals surface area contributed by atoms with Crippen molar-refractivity contribution in [2.45, 2.75) is 13.3 Å². The Bertz CT molecular complexity index is 408. The van der Waals surface area contributed by atoms with E-state index in [0.717, 1.165) is 33.3 Å². The minimum Gasteiger partial charge on any atom is -0.493 e. The van der Waals surface area contributed by atoms with E-state index in [9.17, 15) is 0 Å². The molecule has 1 aromatic rings. The summed E-state index contributed by atoms with van der Waals surface area (Å²) in [6.07, 6.45) is 3.17. The number of hydrogen-bond acceptors (Lipinski definition) is 2. The molecule has 0 heterocycles. The van der Waals surface area contributed by atoms with Crippen molar-refractivity contribution in [1.82, 2.24) is 0 Å². The fraction of sp³-hybridized carbons (Fsp3) is 0.385. The molecule has 4 heteroatoms. The molecule has 0 saturated heterocycles. The average molecular weight is 364 g/mol. The van der Waals surface area contributed by atoms with Gasteiger partial charge in [0.25, 0.3) is 0 Å². The summed E-state index contributed by atoms with van der Waals surface area (Å²) in [6, 6.07) is 3.90. The molecule has 0 amide bonds. The Morgan fingerprint density at radius 1 is 1.24 bits per heavy atom. The number of halogens is 2. The molecule has 94 valence electrons. The van der Waals surface area contributed by atoms with Gasteiger partial charge in [0.2, 0.25) is 0 Å². The quantitative estimate of drug-likeness (QED) is 0.708. The van der Waals surface area contributed by atoms with E-state index in [1.165, 1.54) is 5.57 Å². The normalized spacial score (nSPS) is 11.5. The van der Waals surface area contributed by atoms with Crippen molar-refractivity contribution < 1.29 is 9.47 Å². The molecule has 0 aliphatic heterocycles. The molecule has 0 bridgehead atoms. The zero-order valence-electron chi connectivity index (χ0n) is 10.2. The Labute approximate surface area is 119 Å². The van der Waals surface area contributed by atoms with Crippen LogP contribution in [0.25, 0.3) is 6.08 Å². The number of rotatable bonds is 5. The third-order valence-electron chi connectivity index (χ3n) is 2.49. The van der Waals surface area contributed by atoms with Gasteiger partial charge in [-0.05, 0) is 24.1 Å². The van der Waals surface area contributed by atoms with Crippen LogP contribution >= 0.6 is 31.9 Å². The second-order valence-corrected chi connectivity index (χ2v) is 4.93. The first kappa shape index (κ1) is 14.6. The van der Waals surface area contributed by atoms with Crippen LogP contribution in [0.15, 0.2) is 22.2 Å². The number of hydrogen-bond donors (Lipinski definition) is 0. The molecule has 17 heavy (non-hydrogen) atoms. The summed E-state index contributed by atoms with van der Waals surface area (Å²) in [6.45, 7) is 2.14. The van der Waals surface area contributed by atoms with Crippen molar-refractivity contribution in [3.8, 4) is 11.5 Å². The second-order valence-electron chi connectivity index (χ2n) is 3.52. The maximum Gasteiger partial charge on any atom is 0.161 e. The summed E-state index contributed by atoms with van der Waals surface area (Å²) in [5.41, 5.74) is 2.43. The van der Waals surface area contributed by atoms with Gasteiger partial charge in [-0.2, -0.15) is 0 Å². The topological polar surface area (TPSA) is 18.5 Å². The average Bonchev–Trinajstić information content (AvgIpc) is 2.36. The van der Waals surface area contributed by atoms with Crippen LogP contribution in [0.3, 0.4) is 0 Å². The van der Waals surface area contributed by atoms with Crippen LogP contribution in [-0.4, -0.2) is 19.5 Å². The Kier molecular flexibility index (Phi) is 6.06. The Hall–Kier alpha value is -0.480. The van der Waals surface area contributed by atoms with Gasteiger partial charge in [-0.1, -0.05) is 50.4 Å². The molecule has 0 saturated carbocycles. The molecule has 1 rings (SSSR count). The van der Waals surface area contributed by atoms with Crippen LogP contribution in [0.4, 0.5) is 0 Å². The summed E-state index contributed by atoms with van der Waals surface area (Å²) in [5, 5.41) is 0.879. The van der Waals surface area contributed by atoms with E-state index in [-0.39, 0.29) is 0 Å². The molecular weight excluding hydrogens is 348 g/mol. The highest BCUT2D eigenvalue weighted by molar-refractivity contribution is 9.10. The second kappa shape index (κ2) is 7.07. The molecule has 0 aliphatic rings. The summed E-state index contributed by atoms with van der Waals surface area (Å²) >= 11 is 7.02. The van der Waals surface area contributed by atoms with Crippen LogP contribution in [0.5, 0.6) is 11.5 Å². The van der Waals surface area contributed by atoms with E-state index in [0.29, 0.717) is 0 Å². The number of allylic oxidation sites excluding steroid dienone is 1. The van der Waals surface area contributed by atoms with Crippen molar-refractivity contribution in [2.24, 2.45) is 0 Å². The maximum absolute atomic E-state index is 5.29. The summed E-state index contributed by atoms with van der Waals surface area (Å²) < 4.78 is 11.5. The van der Waals surface area contributed by atoms with Crippen molar-refractivity contribution in [2.75, 3.05) is 19.5 Å². The third-order valence-corrected chi connectivity index (χ3v) is 3.90. The SMILES string of the molecule is CCC(=Cc1cc(OC)c(OC)cc1Br)CBr. The molecule has 0 unspecified atom stereocenters. The van der Waals surface area contributed by atoms with Crippen LogP contribution < -0.4 is 9.47 Å². The van der Waals surface area contributed by atoms with E-state index in [1.54, 1.807) is 14.2 Å². The third kappa shape index (κ3) is 3.75. The lowest BCUT2D eigenvalue weighted by Gasteiger charge is -2.10. The highest BCUT2D eigenvalue weighted by Crippen LogP contribution is 2.34. The predicted octanol–water partition coefficient (Wildman–Crippen LogP) is 4.65. The molecule has 0 N–H and O–H groups in total. The summed E-state index contributed by atoms with van der Waals surface area (Å²) in [5.74, 6) is 1.47. The minimum absolute atomic E-state index is 0.730. The lowest BCUT2D eigenvalue weighted by atomic mass is 10.1. The van der Waals surface area contributed by atoms with Crippen LogP contribution in [-0.2, 0) is 0 Å². The first-order chi connectivity index (χ1) is 8.15. The fourth-order valence-corrected chi connectivity index (χ4v) is 2.43. The highest BCUT2D eigenvalue weighted by Gasteiger charge is 2.08. The molecule has 2 nitrogen and oxygen atoms in total. The molecular formula is C13H16Br2O2. The van der Waals surface area contributed by atoms with Gasteiger partial charge in [-0.3, -0.25) is 0 Å². The Morgan fingerprint density at radius 3 is 2.29 bits per heavy atom. The lowest BCUT2D eigenvalue weighted by molar-refractivity contribution is 0.354. The molecule has 0 radical (unpaired) electrons. The number of methoxy groups -OCH3 is 2. The molecule has 0 fully saturated rings. The zero-order valence-corrected chi connectivity index (χ0v) is 13.4. The largest absolute Gasteiger partial charge is 0.493 e. The van der Waals surface area contributed by atoms with Gasteiger partial charge in [0, 0.05) is 9.80 Å². The van der Waals surface area contributed by atoms with Gasteiger partial charge in [0.15, 0.2) is 11.5 Å². The van der Waals surface area contributed by atoms with Crippen molar-refractivity contribution in [3.63, 3.8) is 0 Å². The highest BCUT2D eigenvalue weighted by atomic mass is 79.9. The molecule has 0 aliphatic carbocycles. The number of benzene rings is 1. The van der Waals surface area contributed by atoms with Crippen LogP contribution in [0.2, 0.25) is 0 Å². The van der Waals surface area contributed by atoms with Gasteiger partial charge >= 0.3 is 0 Å². The zero-order chi connectivity index (χ0) is 12.8. The van der Waals surface area contributed by atoms with Crippen LogP contribution in [0.1, 0.15) is 18.9 Å². The Balaban J connectivity index is 3.21. The summed E-state index contributed by atoms with van der Waals surface area (Å²) in [7, 11) is 3.28. The predicted molar refractivity (Wildman–Crippen MR) is 79.3 cm³/mol. The molecule has 1 aromatic carbocycles. The molecule has 0 spiro atoms. The fourth-order valence-electron chi connectivity index (χ4n) is 1.44. The first-order valence-electron chi connectivity index (χ1n) is 5.33. The van der Waals surface area contributed by atoms with Crippen LogP contribution in [0, 0.1) is 0 Å². The van der Waals surface area contributed by atoms with E-state index >= 15 is 0 Å². The molecule has 0 aromatic heterocycles. The van der Waals surface area contributed by atoms with Crippen molar-refractivity contribution >= 4 is 37.9 Å². The van der Waals surface area contributed by atoms with Crippen molar-refractivity contribution in [1.29, 1.82) is 0 Å². The lowest BCUT2D eigenvalue weighted by Crippen LogP contribution is -1.92. The Morgan fingerprint density at radius 2 is 1.82 bits per heavy atom. The van der Waals surface area contributed by atoms with Gasteiger partial charge in [-0.15, -0.1) is 0 Å². The maximum atomic E-state index is 5.29. The molecule has 0 atom stereocenters. The smallest absolute Gasteiger partial charge is 0.161 e. The first-order valence-corrected chi connectivity index (χ1v) is 7.24. The van der Waals surface area contributed by atoms with E-state index in [4.69, 9.17) is 9.47 Å². The van der Waals surface area contributed by atoms with E-state index in [2.05, 4.69) is 44.9 Å². The standard InChI is InChI=1S/C13H16Br2O2/c1-4-9(8-14)5-10-6-12(16-2)13(17-3)7-11(10)15/h5-7H,4,8H2,1-3H3. The van der Waals surface area contributed by atoms with Gasteiger partial charge in [0.1, 0.15) is 0 Å². The summed E-state index contributed by atoms with van der Waals surface area (Å²) in [4.78, 5) is 0. The van der Waals surface area contributed by atoms with E-state index < -0.39 is 0 Å². The van der Waals surface area contributed by atoms with Crippen molar-refractivity contribution in [3.05, 3.63) is 27.7 Å².